The molecule has 1 amide bonds. The Morgan fingerprint density at radius 1 is 1.21 bits per heavy atom. The molecule has 2 rings (SSSR count). The van der Waals surface area contributed by atoms with E-state index in [0.717, 1.165) is 5.56 Å². The highest BCUT2D eigenvalue weighted by Crippen LogP contribution is 2.27. The lowest BCUT2D eigenvalue weighted by molar-refractivity contribution is 0.0827. The third-order valence-corrected chi connectivity index (χ3v) is 4.23. The van der Waals surface area contributed by atoms with Crippen LogP contribution in [0.25, 0.3) is 0 Å². The van der Waals surface area contributed by atoms with Gasteiger partial charge in [-0.15, -0.1) is 0 Å². The summed E-state index contributed by atoms with van der Waals surface area (Å²) in [5.74, 6) is -0.454. The molecule has 0 heterocycles. The summed E-state index contributed by atoms with van der Waals surface area (Å²) in [7, 11) is 3.44. The van der Waals surface area contributed by atoms with E-state index in [1.165, 1.54) is 11.0 Å². The first kappa shape index (κ1) is 18.4. The minimum Gasteiger partial charge on any atom is -0.345 e. The van der Waals surface area contributed by atoms with Gasteiger partial charge in [-0.25, -0.2) is 4.39 Å². The number of hydrogen-bond acceptors (Lipinski definition) is 2. The largest absolute Gasteiger partial charge is 0.345 e. The molecular weight excluding hydrogens is 327 g/mol. The van der Waals surface area contributed by atoms with Gasteiger partial charge in [0, 0.05) is 37.3 Å². The summed E-state index contributed by atoms with van der Waals surface area (Å²) in [6.07, 6.45) is 0. The van der Waals surface area contributed by atoms with Crippen molar-refractivity contribution in [3.8, 4) is 0 Å². The SMILES string of the molecule is CN(C)C(=O)c1cccc(CNC(C)(C)c2cccc(Cl)c2F)c1. The Kier molecular flexibility index (Phi) is 5.62. The van der Waals surface area contributed by atoms with Gasteiger partial charge in [-0.05, 0) is 37.6 Å². The highest BCUT2D eigenvalue weighted by molar-refractivity contribution is 6.30. The van der Waals surface area contributed by atoms with Crippen LogP contribution in [0, 0.1) is 5.82 Å². The molecule has 0 aliphatic rings. The van der Waals surface area contributed by atoms with Crippen LogP contribution in [0.3, 0.4) is 0 Å². The summed E-state index contributed by atoms with van der Waals surface area (Å²) in [6.45, 7) is 4.31. The maximum Gasteiger partial charge on any atom is 0.253 e. The van der Waals surface area contributed by atoms with Crippen molar-refractivity contribution >= 4 is 17.5 Å². The molecule has 0 aromatic heterocycles. The molecule has 2 aromatic rings. The second kappa shape index (κ2) is 7.32. The van der Waals surface area contributed by atoms with Gasteiger partial charge in [0.2, 0.25) is 0 Å². The zero-order valence-corrected chi connectivity index (χ0v) is 15.1. The van der Waals surface area contributed by atoms with Crippen molar-refractivity contribution in [3.05, 3.63) is 70.0 Å². The number of rotatable bonds is 5. The summed E-state index contributed by atoms with van der Waals surface area (Å²) < 4.78 is 14.3. The van der Waals surface area contributed by atoms with Crippen LogP contribution in [0.1, 0.15) is 35.3 Å². The van der Waals surface area contributed by atoms with Crippen LogP contribution in [-0.2, 0) is 12.1 Å². The molecule has 0 aliphatic heterocycles. The maximum atomic E-state index is 14.3. The Labute approximate surface area is 147 Å². The van der Waals surface area contributed by atoms with Crippen LogP contribution in [0.5, 0.6) is 0 Å². The van der Waals surface area contributed by atoms with Crippen molar-refractivity contribution in [2.24, 2.45) is 0 Å². The lowest BCUT2D eigenvalue weighted by Crippen LogP contribution is -2.37. The van der Waals surface area contributed by atoms with Crippen molar-refractivity contribution in [2.45, 2.75) is 25.9 Å². The summed E-state index contributed by atoms with van der Waals surface area (Å²) in [6, 6.07) is 12.4. The zero-order chi connectivity index (χ0) is 17.9. The number of hydrogen-bond donors (Lipinski definition) is 1. The highest BCUT2D eigenvalue weighted by Gasteiger charge is 2.24. The average molecular weight is 349 g/mol. The van der Waals surface area contributed by atoms with Crippen LogP contribution in [0.4, 0.5) is 4.39 Å². The normalized spacial score (nSPS) is 11.4. The van der Waals surface area contributed by atoms with Crippen molar-refractivity contribution < 1.29 is 9.18 Å². The van der Waals surface area contributed by atoms with Crippen LogP contribution >= 0.6 is 11.6 Å². The van der Waals surface area contributed by atoms with Crippen LogP contribution in [0.2, 0.25) is 5.02 Å². The van der Waals surface area contributed by atoms with E-state index in [4.69, 9.17) is 11.6 Å². The number of carbonyl (C=O) groups is 1. The molecule has 0 aliphatic carbocycles. The first-order valence-corrected chi connectivity index (χ1v) is 8.10. The quantitative estimate of drug-likeness (QED) is 0.878. The Hall–Kier alpha value is -1.91. The molecule has 24 heavy (non-hydrogen) atoms. The van der Waals surface area contributed by atoms with E-state index in [1.807, 2.05) is 32.0 Å². The number of nitrogens with one attached hydrogen (secondary N) is 1. The van der Waals surface area contributed by atoms with E-state index in [0.29, 0.717) is 17.7 Å². The molecule has 0 fully saturated rings. The van der Waals surface area contributed by atoms with Crippen LogP contribution < -0.4 is 5.32 Å². The smallest absolute Gasteiger partial charge is 0.253 e. The molecule has 1 N–H and O–H groups in total. The lowest BCUT2D eigenvalue weighted by Gasteiger charge is -2.28. The minimum absolute atomic E-state index is 0.0444. The van der Waals surface area contributed by atoms with Gasteiger partial charge >= 0.3 is 0 Å². The molecule has 0 radical (unpaired) electrons. The topological polar surface area (TPSA) is 32.3 Å². The molecule has 128 valence electrons. The van der Waals surface area contributed by atoms with E-state index in [1.54, 1.807) is 32.3 Å². The number of nitrogens with zero attached hydrogens (tertiary/aromatic N) is 1. The molecule has 2 aromatic carbocycles. The van der Waals surface area contributed by atoms with E-state index >= 15 is 0 Å². The fourth-order valence-electron chi connectivity index (χ4n) is 2.48. The van der Waals surface area contributed by atoms with Gasteiger partial charge in [-0.2, -0.15) is 0 Å². The monoisotopic (exact) mass is 348 g/mol. The Morgan fingerprint density at radius 2 is 1.88 bits per heavy atom. The summed E-state index contributed by atoms with van der Waals surface area (Å²) in [5.41, 5.74) is 1.50. The molecular formula is C19H22ClFN2O. The third kappa shape index (κ3) is 4.13. The fraction of sp³-hybridized carbons (Fsp3) is 0.316. The van der Waals surface area contributed by atoms with Gasteiger partial charge in [0.15, 0.2) is 0 Å². The standard InChI is InChI=1S/C19H22ClFN2O/c1-19(2,15-9-6-10-16(20)17(15)21)22-12-13-7-5-8-14(11-13)18(24)23(3)4/h5-11,22H,12H2,1-4H3. The molecule has 0 bridgehead atoms. The number of halogens is 2. The Bertz CT molecular complexity index is 744. The molecule has 0 saturated heterocycles. The van der Waals surface area contributed by atoms with Gasteiger partial charge in [0.1, 0.15) is 5.82 Å². The van der Waals surface area contributed by atoms with Gasteiger partial charge in [0.05, 0.1) is 5.02 Å². The Morgan fingerprint density at radius 3 is 2.54 bits per heavy atom. The number of amides is 1. The minimum atomic E-state index is -0.601. The van der Waals surface area contributed by atoms with Gasteiger partial charge in [-0.3, -0.25) is 4.79 Å². The molecule has 0 atom stereocenters. The first-order chi connectivity index (χ1) is 11.2. The van der Waals surface area contributed by atoms with E-state index in [-0.39, 0.29) is 10.9 Å². The zero-order valence-electron chi connectivity index (χ0n) is 14.4. The molecule has 0 unspecified atom stereocenters. The third-order valence-electron chi connectivity index (χ3n) is 3.94. The molecule has 0 spiro atoms. The summed E-state index contributed by atoms with van der Waals surface area (Å²) in [5, 5.41) is 3.44. The summed E-state index contributed by atoms with van der Waals surface area (Å²) >= 11 is 5.88. The number of benzene rings is 2. The van der Waals surface area contributed by atoms with Gasteiger partial charge in [0.25, 0.3) is 5.91 Å². The maximum absolute atomic E-state index is 14.3. The lowest BCUT2D eigenvalue weighted by atomic mass is 9.93. The predicted molar refractivity (Wildman–Crippen MR) is 95.7 cm³/mol. The van der Waals surface area contributed by atoms with Crippen molar-refractivity contribution in [3.63, 3.8) is 0 Å². The molecule has 5 heteroatoms. The molecule has 0 saturated carbocycles. The highest BCUT2D eigenvalue weighted by atomic mass is 35.5. The van der Waals surface area contributed by atoms with Crippen LogP contribution in [-0.4, -0.2) is 24.9 Å². The van der Waals surface area contributed by atoms with E-state index in [2.05, 4.69) is 5.32 Å². The predicted octanol–water partition coefficient (Wildman–Crippen LogP) is 4.21. The first-order valence-electron chi connectivity index (χ1n) is 7.72. The van der Waals surface area contributed by atoms with Crippen molar-refractivity contribution in [1.82, 2.24) is 10.2 Å². The van der Waals surface area contributed by atoms with Gasteiger partial charge < -0.3 is 10.2 Å². The molecule has 3 nitrogen and oxygen atoms in total. The van der Waals surface area contributed by atoms with Gasteiger partial charge in [-0.1, -0.05) is 35.9 Å². The van der Waals surface area contributed by atoms with Crippen molar-refractivity contribution in [1.29, 1.82) is 0 Å². The number of carbonyl (C=O) groups excluding carboxylic acids is 1. The fourth-order valence-corrected chi connectivity index (χ4v) is 2.65. The van der Waals surface area contributed by atoms with Crippen molar-refractivity contribution in [2.75, 3.05) is 14.1 Å². The second-order valence-electron chi connectivity index (χ2n) is 6.48. The Balaban J connectivity index is 2.16. The summed E-state index contributed by atoms with van der Waals surface area (Å²) in [4.78, 5) is 13.6. The average Bonchev–Trinajstić information content (AvgIpc) is 2.55. The van der Waals surface area contributed by atoms with E-state index in [9.17, 15) is 9.18 Å². The van der Waals surface area contributed by atoms with Crippen LogP contribution in [0.15, 0.2) is 42.5 Å². The second-order valence-corrected chi connectivity index (χ2v) is 6.89. The van der Waals surface area contributed by atoms with E-state index < -0.39 is 11.4 Å².